The van der Waals surface area contributed by atoms with E-state index in [9.17, 15) is 14.4 Å². The number of aryl methyl sites for hydroxylation is 3. The predicted molar refractivity (Wildman–Crippen MR) is 198 cm³/mol. The van der Waals surface area contributed by atoms with E-state index < -0.39 is 11.2 Å². The Balaban J connectivity index is 0.000000219. The minimum atomic E-state index is -0.920. The zero-order valence-corrected chi connectivity index (χ0v) is 28.5. The van der Waals surface area contributed by atoms with Crippen molar-refractivity contribution in [1.29, 1.82) is 0 Å². The van der Waals surface area contributed by atoms with E-state index in [0.29, 0.717) is 0 Å². The van der Waals surface area contributed by atoms with Crippen LogP contribution in [-0.4, -0.2) is 33.3 Å². The lowest BCUT2D eigenvalue weighted by atomic mass is 9.94. The topological polar surface area (TPSA) is 87.6 Å². The van der Waals surface area contributed by atoms with Crippen LogP contribution >= 0.6 is 11.6 Å². The number of benzene rings is 3. The fraction of sp³-hybridized carbons (Fsp3) is 0.220. The number of aromatic nitrogens is 1. The fourth-order valence-corrected chi connectivity index (χ4v) is 5.28. The molecule has 0 radical (unpaired) electrons. The molecule has 1 fully saturated rings. The second-order valence-corrected chi connectivity index (χ2v) is 11.9. The van der Waals surface area contributed by atoms with Gasteiger partial charge in [0.1, 0.15) is 5.82 Å². The minimum absolute atomic E-state index is 0.0158. The van der Waals surface area contributed by atoms with Gasteiger partial charge in [-0.25, -0.2) is 9.78 Å². The van der Waals surface area contributed by atoms with Gasteiger partial charge >= 0.3 is 5.97 Å². The number of allylic oxidation sites excluding steroid dienone is 1. The third-order valence-electron chi connectivity index (χ3n) is 7.44. The first-order valence-electron chi connectivity index (χ1n) is 16.0. The number of rotatable bonds is 8. The van der Waals surface area contributed by atoms with E-state index in [1.165, 1.54) is 36.5 Å². The van der Waals surface area contributed by atoms with Crippen LogP contribution in [0.1, 0.15) is 65.5 Å². The first-order valence-corrected chi connectivity index (χ1v) is 16.4. The van der Waals surface area contributed by atoms with E-state index in [2.05, 4.69) is 24.0 Å². The Bertz CT molecular complexity index is 1660. The van der Waals surface area contributed by atoms with Gasteiger partial charge < -0.3 is 5.11 Å². The highest BCUT2D eigenvalue weighted by Crippen LogP contribution is 2.26. The van der Waals surface area contributed by atoms with E-state index in [0.717, 1.165) is 47.0 Å². The van der Waals surface area contributed by atoms with Gasteiger partial charge in [0.2, 0.25) is 5.24 Å². The molecule has 1 saturated carbocycles. The fourth-order valence-electron chi connectivity index (χ4n) is 5.21. The maximum atomic E-state index is 12.9. The molecule has 4 aromatic rings. The molecule has 6 nitrogen and oxygen atoms in total. The van der Waals surface area contributed by atoms with Gasteiger partial charge in [0.05, 0.1) is 0 Å². The molecule has 248 valence electrons. The highest BCUT2D eigenvalue weighted by atomic mass is 35.5. The molecule has 3 aromatic carbocycles. The third kappa shape index (κ3) is 14.1. The third-order valence-corrected chi connectivity index (χ3v) is 7.57. The summed E-state index contributed by atoms with van der Waals surface area (Å²) in [5, 5.41) is 7.91. The van der Waals surface area contributed by atoms with Gasteiger partial charge in [-0.05, 0) is 92.3 Å². The first-order chi connectivity index (χ1) is 23.1. The summed E-state index contributed by atoms with van der Waals surface area (Å²) in [5.41, 5.74) is 6.44. The van der Waals surface area contributed by atoms with Crippen molar-refractivity contribution in [3.8, 4) is 0 Å². The number of carboxylic acids is 1. The average molecular weight is 663 g/mol. The number of halogens is 1. The van der Waals surface area contributed by atoms with Crippen molar-refractivity contribution < 1.29 is 19.5 Å². The molecule has 1 amide bonds. The first kappa shape index (κ1) is 37.4. The van der Waals surface area contributed by atoms with Gasteiger partial charge in [0, 0.05) is 24.4 Å². The van der Waals surface area contributed by atoms with Crippen LogP contribution in [0.4, 0.5) is 5.82 Å². The number of pyridine rings is 1. The van der Waals surface area contributed by atoms with Crippen molar-refractivity contribution in [3.05, 3.63) is 149 Å². The number of nitrogens with zero attached hydrogens (tertiary/aromatic N) is 2. The Labute approximate surface area is 289 Å². The van der Waals surface area contributed by atoms with E-state index in [1.807, 2.05) is 104 Å². The lowest BCUT2D eigenvalue weighted by molar-refractivity contribution is -0.131. The SMILES string of the molecule is Cc1cccc(/C=C/C(=O)Cl)c1.Cc1cccc(/C=C/C(=O)N(c2ccccn2)C2CCCCC2)c1.Cc1cccc(/C=C/C(=O)O)c1. The molecule has 5 rings (SSSR count). The van der Waals surface area contributed by atoms with Gasteiger partial charge in [-0.3, -0.25) is 14.5 Å². The smallest absolute Gasteiger partial charge is 0.328 e. The van der Waals surface area contributed by atoms with Crippen molar-refractivity contribution >= 4 is 52.8 Å². The number of carbonyl (C=O) groups is 3. The highest BCUT2D eigenvalue weighted by molar-refractivity contribution is 6.66. The number of anilines is 1. The molecule has 0 spiro atoms. The van der Waals surface area contributed by atoms with Crippen LogP contribution < -0.4 is 4.90 Å². The van der Waals surface area contributed by atoms with Gasteiger partial charge in [-0.1, -0.05) is 121 Å². The second kappa shape index (κ2) is 20.2. The van der Waals surface area contributed by atoms with Crippen LogP contribution in [0.25, 0.3) is 18.2 Å². The lowest BCUT2D eigenvalue weighted by Gasteiger charge is -2.32. The molecule has 48 heavy (non-hydrogen) atoms. The summed E-state index contributed by atoms with van der Waals surface area (Å²) in [6.07, 6.45) is 16.8. The molecule has 0 atom stereocenters. The molecule has 0 aliphatic heterocycles. The predicted octanol–water partition coefficient (Wildman–Crippen LogP) is 9.64. The van der Waals surface area contributed by atoms with Crippen LogP contribution in [-0.2, 0) is 14.4 Å². The molecule has 0 bridgehead atoms. The van der Waals surface area contributed by atoms with Crippen LogP contribution in [0.5, 0.6) is 0 Å². The van der Waals surface area contributed by atoms with E-state index in [4.69, 9.17) is 16.7 Å². The van der Waals surface area contributed by atoms with Crippen molar-refractivity contribution in [2.45, 2.75) is 58.9 Å². The van der Waals surface area contributed by atoms with Crippen molar-refractivity contribution in [1.82, 2.24) is 4.98 Å². The zero-order chi connectivity index (χ0) is 34.7. The van der Waals surface area contributed by atoms with Crippen LogP contribution in [0.3, 0.4) is 0 Å². The Hall–Kier alpha value is -5.07. The average Bonchev–Trinajstić information content (AvgIpc) is 3.07. The van der Waals surface area contributed by atoms with Crippen molar-refractivity contribution in [2.75, 3.05) is 4.90 Å². The molecular weight excluding hydrogens is 620 g/mol. The molecule has 0 saturated heterocycles. The standard InChI is InChI=1S/C21H24N2O.C10H9ClO.C10H10O2/c1-17-8-7-9-18(16-17)13-14-21(24)23(19-10-3-2-4-11-19)20-12-5-6-15-22-20;2*1-8-3-2-4-9(7-8)5-6-10(11)12/h5-9,12-16,19H,2-4,10-11H2,1H3;2-7H,1H3;2-7H,1H3,(H,11,12)/b14-13+;2*6-5+. The van der Waals surface area contributed by atoms with Gasteiger partial charge in [0.25, 0.3) is 5.91 Å². The summed E-state index contributed by atoms with van der Waals surface area (Å²) < 4.78 is 0. The zero-order valence-electron chi connectivity index (χ0n) is 27.8. The number of hydrogen-bond acceptors (Lipinski definition) is 4. The largest absolute Gasteiger partial charge is 0.478 e. The molecule has 1 aromatic heterocycles. The Morgan fingerprint density at radius 3 is 1.62 bits per heavy atom. The molecule has 1 aliphatic carbocycles. The monoisotopic (exact) mass is 662 g/mol. The normalized spacial score (nSPS) is 13.0. The molecule has 1 heterocycles. The Morgan fingerprint density at radius 1 is 0.688 bits per heavy atom. The van der Waals surface area contributed by atoms with Gasteiger partial charge in [-0.15, -0.1) is 0 Å². The van der Waals surface area contributed by atoms with Gasteiger partial charge in [0.15, 0.2) is 0 Å². The summed E-state index contributed by atoms with van der Waals surface area (Å²) >= 11 is 5.14. The number of carbonyl (C=O) groups excluding carboxylic acids is 2. The van der Waals surface area contributed by atoms with Crippen LogP contribution in [0.2, 0.25) is 0 Å². The van der Waals surface area contributed by atoms with E-state index >= 15 is 0 Å². The maximum Gasteiger partial charge on any atom is 0.328 e. The minimum Gasteiger partial charge on any atom is -0.478 e. The molecular formula is C41H43ClN2O4. The summed E-state index contributed by atoms with van der Waals surface area (Å²) in [6.45, 7) is 6.03. The van der Waals surface area contributed by atoms with Crippen molar-refractivity contribution in [3.63, 3.8) is 0 Å². The Morgan fingerprint density at radius 2 is 1.19 bits per heavy atom. The summed E-state index contributed by atoms with van der Waals surface area (Å²) in [4.78, 5) is 39.7. The van der Waals surface area contributed by atoms with Crippen molar-refractivity contribution in [2.24, 2.45) is 0 Å². The molecule has 1 aliphatic rings. The summed E-state index contributed by atoms with van der Waals surface area (Å²) in [7, 11) is 0. The maximum absolute atomic E-state index is 12.9. The number of aliphatic carboxylic acids is 1. The number of hydrogen-bond donors (Lipinski definition) is 1. The molecule has 7 heteroatoms. The quantitative estimate of drug-likeness (QED) is 0.150. The number of amides is 1. The second-order valence-electron chi connectivity index (χ2n) is 11.6. The van der Waals surface area contributed by atoms with Crippen LogP contribution in [0, 0.1) is 20.8 Å². The number of carboxylic acid groups (broad SMARTS) is 1. The van der Waals surface area contributed by atoms with Gasteiger partial charge in [-0.2, -0.15) is 0 Å². The van der Waals surface area contributed by atoms with Crippen LogP contribution in [0.15, 0.2) is 115 Å². The Kier molecular flexibility index (Phi) is 15.8. The van der Waals surface area contributed by atoms with E-state index in [1.54, 1.807) is 24.4 Å². The lowest BCUT2D eigenvalue weighted by Crippen LogP contribution is -2.41. The molecule has 1 N–H and O–H groups in total. The van der Waals surface area contributed by atoms with E-state index in [-0.39, 0.29) is 11.9 Å². The summed E-state index contributed by atoms with van der Waals surface area (Å²) in [6, 6.07) is 29.7. The highest BCUT2D eigenvalue weighted by Gasteiger charge is 2.26. The summed E-state index contributed by atoms with van der Waals surface area (Å²) in [5.74, 6) is -0.151. The molecule has 0 unspecified atom stereocenters.